The van der Waals surface area contributed by atoms with Gasteiger partial charge in [-0.3, -0.25) is 14.9 Å². The van der Waals surface area contributed by atoms with E-state index in [9.17, 15) is 14.9 Å². The van der Waals surface area contributed by atoms with Crippen LogP contribution in [0.4, 0.5) is 11.4 Å². The summed E-state index contributed by atoms with van der Waals surface area (Å²) in [5.41, 5.74) is 6.74. The Morgan fingerprint density at radius 2 is 2.19 bits per heavy atom. The van der Waals surface area contributed by atoms with Gasteiger partial charge < -0.3 is 15.5 Å². The second kappa shape index (κ2) is 6.09. The van der Waals surface area contributed by atoms with Crippen LogP contribution in [0.2, 0.25) is 0 Å². The molecule has 1 heterocycles. The van der Waals surface area contributed by atoms with Gasteiger partial charge in [-0.2, -0.15) is 0 Å². The van der Waals surface area contributed by atoms with Gasteiger partial charge in [-0.25, -0.2) is 0 Å². The van der Waals surface area contributed by atoms with E-state index in [1.54, 1.807) is 26.2 Å². The van der Waals surface area contributed by atoms with E-state index in [0.717, 1.165) is 19.4 Å². The summed E-state index contributed by atoms with van der Waals surface area (Å²) in [6, 6.07) is 4.65. The van der Waals surface area contributed by atoms with E-state index in [4.69, 9.17) is 5.73 Å². The molecule has 1 aromatic carbocycles. The molecule has 0 aliphatic carbocycles. The van der Waals surface area contributed by atoms with Crippen LogP contribution in [-0.4, -0.2) is 49.0 Å². The predicted octanol–water partition coefficient (Wildman–Crippen LogP) is 1.22. The van der Waals surface area contributed by atoms with Gasteiger partial charge in [0.2, 0.25) is 0 Å². The lowest BCUT2D eigenvalue weighted by Gasteiger charge is -2.32. The topological polar surface area (TPSA) is 92.7 Å². The minimum absolute atomic E-state index is 0.0291. The molecule has 1 atom stereocenters. The molecule has 1 aromatic rings. The van der Waals surface area contributed by atoms with Crippen LogP contribution in [0.5, 0.6) is 0 Å². The molecule has 7 heteroatoms. The van der Waals surface area contributed by atoms with Crippen LogP contribution in [0.1, 0.15) is 23.2 Å². The Morgan fingerprint density at radius 3 is 2.76 bits per heavy atom. The Morgan fingerprint density at radius 1 is 1.48 bits per heavy atom. The molecule has 1 amide bonds. The van der Waals surface area contributed by atoms with Crippen molar-refractivity contribution < 1.29 is 9.72 Å². The molecule has 1 fully saturated rings. The summed E-state index contributed by atoms with van der Waals surface area (Å²) in [5.74, 6) is -0.250. The Hall–Kier alpha value is -2.15. The largest absolute Gasteiger partial charge is 0.364 e. The normalized spacial score (nSPS) is 18.4. The molecule has 0 saturated carbocycles. The molecule has 21 heavy (non-hydrogen) atoms. The summed E-state index contributed by atoms with van der Waals surface area (Å²) in [7, 11) is 3.23. The third kappa shape index (κ3) is 3.30. The van der Waals surface area contributed by atoms with Gasteiger partial charge in [0.05, 0.1) is 4.92 Å². The second-order valence-electron chi connectivity index (χ2n) is 5.51. The average Bonchev–Trinajstić information content (AvgIpc) is 2.45. The number of nitrogens with zero attached hydrogens (tertiary/aromatic N) is 3. The molecule has 1 aliphatic rings. The van der Waals surface area contributed by atoms with Crippen LogP contribution in [0.25, 0.3) is 0 Å². The number of amides is 1. The van der Waals surface area contributed by atoms with Gasteiger partial charge in [0.1, 0.15) is 5.69 Å². The van der Waals surface area contributed by atoms with Crippen LogP contribution < -0.4 is 10.6 Å². The molecule has 1 aliphatic heterocycles. The molecular formula is C14H20N4O3. The highest BCUT2D eigenvalue weighted by atomic mass is 16.6. The van der Waals surface area contributed by atoms with Crippen molar-refractivity contribution in [3.05, 3.63) is 33.9 Å². The molecule has 114 valence electrons. The lowest BCUT2D eigenvalue weighted by Crippen LogP contribution is -2.43. The molecule has 1 unspecified atom stereocenters. The van der Waals surface area contributed by atoms with E-state index < -0.39 is 4.92 Å². The molecule has 1 saturated heterocycles. The zero-order valence-electron chi connectivity index (χ0n) is 12.3. The summed E-state index contributed by atoms with van der Waals surface area (Å²) in [6.45, 7) is 1.34. The minimum Gasteiger partial charge on any atom is -0.364 e. The Bertz CT molecular complexity index is 559. The van der Waals surface area contributed by atoms with Crippen molar-refractivity contribution >= 4 is 17.3 Å². The summed E-state index contributed by atoms with van der Waals surface area (Å²) in [4.78, 5) is 26.1. The van der Waals surface area contributed by atoms with Crippen LogP contribution in [0.15, 0.2) is 18.2 Å². The molecular weight excluding hydrogens is 272 g/mol. The number of nitro benzene ring substituents is 1. The number of hydrogen-bond acceptors (Lipinski definition) is 5. The maximum absolute atomic E-state index is 11.9. The quantitative estimate of drug-likeness (QED) is 0.668. The second-order valence-corrected chi connectivity index (χ2v) is 5.51. The highest BCUT2D eigenvalue weighted by molar-refractivity contribution is 5.95. The highest BCUT2D eigenvalue weighted by Gasteiger charge is 2.25. The smallest absolute Gasteiger partial charge is 0.293 e. The first-order valence-electron chi connectivity index (χ1n) is 6.90. The minimum atomic E-state index is -0.443. The first kappa shape index (κ1) is 15.2. The molecule has 2 N–H and O–H groups in total. The summed E-state index contributed by atoms with van der Waals surface area (Å²) in [6.07, 6.45) is 1.85. The third-order valence-electron chi connectivity index (χ3n) is 3.62. The van der Waals surface area contributed by atoms with E-state index in [0.29, 0.717) is 17.8 Å². The van der Waals surface area contributed by atoms with Gasteiger partial charge in [-0.05, 0) is 25.0 Å². The summed E-state index contributed by atoms with van der Waals surface area (Å²) < 4.78 is 0. The number of piperidine rings is 1. The number of carbonyl (C=O) groups excluding carboxylic acids is 1. The van der Waals surface area contributed by atoms with E-state index in [-0.39, 0.29) is 17.6 Å². The van der Waals surface area contributed by atoms with Crippen molar-refractivity contribution in [2.24, 2.45) is 5.73 Å². The fraction of sp³-hybridized carbons (Fsp3) is 0.500. The van der Waals surface area contributed by atoms with Crippen molar-refractivity contribution in [1.29, 1.82) is 0 Å². The monoisotopic (exact) mass is 292 g/mol. The van der Waals surface area contributed by atoms with Crippen LogP contribution in [0.3, 0.4) is 0 Å². The SMILES string of the molecule is CN(C)C(=O)c1ccc(N2CCCC(N)C2)c([N+](=O)[O-])c1. The highest BCUT2D eigenvalue weighted by Crippen LogP contribution is 2.31. The number of carbonyl (C=O) groups is 1. The van der Waals surface area contributed by atoms with Crippen LogP contribution >= 0.6 is 0 Å². The van der Waals surface area contributed by atoms with Crippen molar-refractivity contribution in [3.63, 3.8) is 0 Å². The Kier molecular flexibility index (Phi) is 4.42. The molecule has 0 bridgehead atoms. The zero-order chi connectivity index (χ0) is 15.6. The van der Waals surface area contributed by atoms with Crippen molar-refractivity contribution in [1.82, 2.24) is 4.90 Å². The molecule has 0 radical (unpaired) electrons. The van der Waals surface area contributed by atoms with E-state index in [1.807, 2.05) is 4.90 Å². The van der Waals surface area contributed by atoms with E-state index in [1.165, 1.54) is 11.0 Å². The fourth-order valence-electron chi connectivity index (χ4n) is 2.56. The number of rotatable bonds is 3. The fourth-order valence-corrected chi connectivity index (χ4v) is 2.56. The lowest BCUT2D eigenvalue weighted by molar-refractivity contribution is -0.384. The summed E-state index contributed by atoms with van der Waals surface area (Å²) in [5, 5.41) is 11.3. The standard InChI is InChI=1S/C14H20N4O3/c1-16(2)14(19)10-5-6-12(13(8-10)18(20)21)17-7-3-4-11(15)9-17/h5-6,8,11H,3-4,7,9,15H2,1-2H3. The predicted molar refractivity (Wildman–Crippen MR) is 80.5 cm³/mol. The third-order valence-corrected chi connectivity index (χ3v) is 3.62. The molecule has 2 rings (SSSR count). The van der Waals surface area contributed by atoms with Gasteiger partial charge in [0, 0.05) is 44.9 Å². The maximum Gasteiger partial charge on any atom is 0.293 e. The summed E-state index contributed by atoms with van der Waals surface area (Å²) >= 11 is 0. The number of hydrogen-bond donors (Lipinski definition) is 1. The number of nitrogens with two attached hydrogens (primary N) is 1. The maximum atomic E-state index is 11.9. The van der Waals surface area contributed by atoms with Crippen molar-refractivity contribution in [2.75, 3.05) is 32.1 Å². The van der Waals surface area contributed by atoms with Crippen LogP contribution in [0, 0.1) is 10.1 Å². The first-order chi connectivity index (χ1) is 9.90. The zero-order valence-corrected chi connectivity index (χ0v) is 12.3. The van der Waals surface area contributed by atoms with Crippen molar-refractivity contribution in [2.45, 2.75) is 18.9 Å². The van der Waals surface area contributed by atoms with Gasteiger partial charge in [0.15, 0.2) is 0 Å². The van der Waals surface area contributed by atoms with Crippen LogP contribution in [-0.2, 0) is 0 Å². The van der Waals surface area contributed by atoms with Crippen molar-refractivity contribution in [3.8, 4) is 0 Å². The number of anilines is 1. The van der Waals surface area contributed by atoms with Gasteiger partial charge >= 0.3 is 0 Å². The average molecular weight is 292 g/mol. The molecule has 0 spiro atoms. The van der Waals surface area contributed by atoms with Gasteiger partial charge in [0.25, 0.3) is 11.6 Å². The Balaban J connectivity index is 2.38. The molecule has 0 aromatic heterocycles. The van der Waals surface area contributed by atoms with Gasteiger partial charge in [-0.15, -0.1) is 0 Å². The number of benzene rings is 1. The Labute approximate surface area is 123 Å². The number of nitro groups is 1. The first-order valence-corrected chi connectivity index (χ1v) is 6.90. The molecule has 7 nitrogen and oxygen atoms in total. The van der Waals surface area contributed by atoms with E-state index in [2.05, 4.69) is 0 Å². The van der Waals surface area contributed by atoms with E-state index >= 15 is 0 Å². The van der Waals surface area contributed by atoms with Gasteiger partial charge in [-0.1, -0.05) is 0 Å². The lowest BCUT2D eigenvalue weighted by atomic mass is 10.0.